The van der Waals surface area contributed by atoms with Crippen molar-refractivity contribution < 1.29 is 14.6 Å². The Bertz CT molecular complexity index is 1130. The molecule has 162 valence electrons. The number of hydrogen-bond donors (Lipinski definition) is 2. The molecule has 0 amide bonds. The summed E-state index contributed by atoms with van der Waals surface area (Å²) in [6.45, 7) is 1.36. The Morgan fingerprint density at radius 3 is 2.47 bits per heavy atom. The van der Waals surface area contributed by atoms with Gasteiger partial charge in [0.1, 0.15) is 30.5 Å². The van der Waals surface area contributed by atoms with Gasteiger partial charge in [0.05, 0.1) is 12.2 Å². The van der Waals surface area contributed by atoms with Crippen LogP contribution in [0.3, 0.4) is 0 Å². The molecule has 7 heteroatoms. The van der Waals surface area contributed by atoms with Crippen LogP contribution in [0, 0.1) is 0 Å². The largest absolute Gasteiger partial charge is 0.492 e. The summed E-state index contributed by atoms with van der Waals surface area (Å²) in [5.41, 5.74) is 2.53. The summed E-state index contributed by atoms with van der Waals surface area (Å²) in [7, 11) is 0. The van der Waals surface area contributed by atoms with E-state index in [9.17, 15) is 9.90 Å². The van der Waals surface area contributed by atoms with Gasteiger partial charge in [0, 0.05) is 30.4 Å². The minimum atomic E-state index is -0.935. The van der Waals surface area contributed by atoms with E-state index in [-0.39, 0.29) is 0 Å². The molecule has 0 aliphatic heterocycles. The number of hydrogen-bond acceptors (Lipinski definition) is 5. The average Bonchev–Trinajstić information content (AvgIpc) is 3.34. The maximum absolute atomic E-state index is 11.7. The van der Waals surface area contributed by atoms with E-state index in [1.54, 1.807) is 6.07 Å². The van der Waals surface area contributed by atoms with Crippen molar-refractivity contribution in [3.8, 4) is 17.0 Å². The first kappa shape index (κ1) is 21.1. The van der Waals surface area contributed by atoms with Crippen LogP contribution in [0.4, 0.5) is 5.82 Å². The predicted octanol–water partition coefficient (Wildman–Crippen LogP) is 4.13. The van der Waals surface area contributed by atoms with Gasteiger partial charge in [0.2, 0.25) is 0 Å². The van der Waals surface area contributed by atoms with Gasteiger partial charge < -0.3 is 19.7 Å². The SMILES string of the molecule is O=C(O)[C@H](Cc1ccccc1)Nc1cc(-c2ccc(OCCn3cccc3)cc2)ncn1. The lowest BCUT2D eigenvalue weighted by molar-refractivity contribution is -0.137. The van der Waals surface area contributed by atoms with Gasteiger partial charge in [-0.15, -0.1) is 0 Å². The van der Waals surface area contributed by atoms with Gasteiger partial charge in [-0.25, -0.2) is 14.8 Å². The number of ether oxygens (including phenoxy) is 1. The normalized spacial score (nSPS) is 11.6. The van der Waals surface area contributed by atoms with Crippen molar-refractivity contribution in [2.45, 2.75) is 19.0 Å². The Kier molecular flexibility index (Phi) is 6.77. The Balaban J connectivity index is 1.39. The first-order valence-corrected chi connectivity index (χ1v) is 10.4. The molecular formula is C25H24N4O3. The summed E-state index contributed by atoms with van der Waals surface area (Å²) in [5, 5.41) is 12.6. The lowest BCUT2D eigenvalue weighted by atomic mass is 10.1. The average molecular weight is 428 g/mol. The minimum absolute atomic E-state index is 0.352. The van der Waals surface area contributed by atoms with Crippen LogP contribution in [-0.2, 0) is 17.8 Å². The number of benzene rings is 2. The number of aliphatic carboxylic acids is 1. The van der Waals surface area contributed by atoms with Gasteiger partial charge >= 0.3 is 5.97 Å². The zero-order valence-corrected chi connectivity index (χ0v) is 17.5. The standard InChI is InChI=1S/C25H24N4O3/c30-25(31)23(16-19-6-2-1-3-7-19)28-24-17-22(26-18-27-24)20-8-10-21(11-9-20)32-15-14-29-12-4-5-13-29/h1-13,17-18,23H,14-16H2,(H,30,31)(H,26,27,28)/t23-/m0/s1. The van der Waals surface area contributed by atoms with Crippen molar-refractivity contribution in [2.75, 3.05) is 11.9 Å². The predicted molar refractivity (Wildman–Crippen MR) is 123 cm³/mol. The van der Waals surface area contributed by atoms with Crippen LogP contribution in [0.1, 0.15) is 5.56 Å². The van der Waals surface area contributed by atoms with E-state index in [0.29, 0.717) is 24.5 Å². The van der Waals surface area contributed by atoms with Crippen molar-refractivity contribution in [2.24, 2.45) is 0 Å². The molecule has 0 aliphatic carbocycles. The third kappa shape index (κ3) is 5.72. The maximum atomic E-state index is 11.7. The van der Waals surface area contributed by atoms with Crippen LogP contribution in [0.15, 0.2) is 91.5 Å². The summed E-state index contributed by atoms with van der Waals surface area (Å²) in [6.07, 6.45) is 5.79. The van der Waals surface area contributed by atoms with Crippen molar-refractivity contribution in [3.05, 3.63) is 97.1 Å². The van der Waals surface area contributed by atoms with E-state index < -0.39 is 12.0 Å². The topological polar surface area (TPSA) is 89.3 Å². The molecule has 0 bridgehead atoms. The molecule has 0 radical (unpaired) electrons. The first-order valence-electron chi connectivity index (χ1n) is 10.4. The van der Waals surface area contributed by atoms with Gasteiger partial charge in [0.15, 0.2) is 0 Å². The second kappa shape index (κ2) is 10.3. The number of rotatable bonds is 10. The number of carboxylic acid groups (broad SMARTS) is 1. The summed E-state index contributed by atoms with van der Waals surface area (Å²) in [6, 6.07) is 22.1. The molecule has 1 atom stereocenters. The molecule has 0 aliphatic rings. The molecule has 0 spiro atoms. The molecule has 2 aromatic heterocycles. The molecule has 4 aromatic rings. The molecule has 2 heterocycles. The van der Waals surface area contributed by atoms with Crippen LogP contribution >= 0.6 is 0 Å². The number of nitrogens with zero attached hydrogens (tertiary/aromatic N) is 3. The van der Waals surface area contributed by atoms with Crippen LogP contribution in [0.2, 0.25) is 0 Å². The van der Waals surface area contributed by atoms with Crippen LogP contribution < -0.4 is 10.1 Å². The zero-order chi connectivity index (χ0) is 22.2. The summed E-state index contributed by atoms with van der Waals surface area (Å²) in [4.78, 5) is 20.3. The van der Waals surface area contributed by atoms with Gasteiger partial charge in [-0.2, -0.15) is 0 Å². The number of carbonyl (C=O) groups is 1. The number of aromatic nitrogens is 3. The molecule has 7 nitrogen and oxygen atoms in total. The van der Waals surface area contributed by atoms with E-state index in [1.165, 1.54) is 6.33 Å². The highest BCUT2D eigenvalue weighted by molar-refractivity contribution is 5.77. The van der Waals surface area contributed by atoms with Crippen molar-refractivity contribution in [3.63, 3.8) is 0 Å². The van der Waals surface area contributed by atoms with E-state index >= 15 is 0 Å². The molecule has 2 N–H and O–H groups in total. The fourth-order valence-electron chi connectivity index (χ4n) is 3.33. The van der Waals surface area contributed by atoms with E-state index in [4.69, 9.17) is 4.74 Å². The second-order valence-electron chi connectivity index (χ2n) is 7.31. The van der Waals surface area contributed by atoms with Crippen molar-refractivity contribution in [1.29, 1.82) is 0 Å². The Morgan fingerprint density at radius 1 is 1.00 bits per heavy atom. The van der Waals surface area contributed by atoms with Crippen molar-refractivity contribution >= 4 is 11.8 Å². The monoisotopic (exact) mass is 428 g/mol. The third-order valence-corrected chi connectivity index (χ3v) is 5.00. The first-order chi connectivity index (χ1) is 15.7. The number of anilines is 1. The maximum Gasteiger partial charge on any atom is 0.326 e. The lowest BCUT2D eigenvalue weighted by Crippen LogP contribution is -2.31. The molecular weight excluding hydrogens is 404 g/mol. The lowest BCUT2D eigenvalue weighted by Gasteiger charge is -2.15. The van der Waals surface area contributed by atoms with E-state index in [0.717, 1.165) is 23.4 Å². The van der Waals surface area contributed by atoms with Crippen LogP contribution in [-0.4, -0.2) is 38.3 Å². The van der Waals surface area contributed by atoms with E-state index in [2.05, 4.69) is 19.9 Å². The Hall–Kier alpha value is -4.13. The molecule has 0 saturated carbocycles. The highest BCUT2D eigenvalue weighted by atomic mass is 16.5. The summed E-state index contributed by atoms with van der Waals surface area (Å²) < 4.78 is 7.86. The van der Waals surface area contributed by atoms with Gasteiger partial charge in [-0.3, -0.25) is 0 Å². The molecule has 0 fully saturated rings. The molecule has 4 rings (SSSR count). The summed E-state index contributed by atoms with van der Waals surface area (Å²) in [5.74, 6) is 0.308. The van der Waals surface area contributed by atoms with E-state index in [1.807, 2.05) is 79.1 Å². The van der Waals surface area contributed by atoms with Crippen LogP contribution in [0.5, 0.6) is 5.75 Å². The third-order valence-electron chi connectivity index (χ3n) is 5.00. The fraction of sp³-hybridized carbons (Fsp3) is 0.160. The minimum Gasteiger partial charge on any atom is -0.492 e. The molecule has 2 aromatic carbocycles. The van der Waals surface area contributed by atoms with Gasteiger partial charge in [-0.1, -0.05) is 30.3 Å². The summed E-state index contributed by atoms with van der Waals surface area (Å²) >= 11 is 0. The molecule has 0 unspecified atom stereocenters. The quantitative estimate of drug-likeness (QED) is 0.395. The van der Waals surface area contributed by atoms with Crippen molar-refractivity contribution in [1.82, 2.24) is 14.5 Å². The fourth-order valence-corrected chi connectivity index (χ4v) is 3.33. The number of carboxylic acids is 1. The second-order valence-corrected chi connectivity index (χ2v) is 7.31. The smallest absolute Gasteiger partial charge is 0.326 e. The Morgan fingerprint density at radius 2 is 1.75 bits per heavy atom. The van der Waals surface area contributed by atoms with Gasteiger partial charge in [-0.05, 0) is 42.0 Å². The highest BCUT2D eigenvalue weighted by Crippen LogP contribution is 2.22. The van der Waals surface area contributed by atoms with Crippen LogP contribution in [0.25, 0.3) is 11.3 Å². The Labute approximate surface area is 186 Å². The molecule has 32 heavy (non-hydrogen) atoms. The number of nitrogens with one attached hydrogen (secondary N) is 1. The highest BCUT2D eigenvalue weighted by Gasteiger charge is 2.18. The zero-order valence-electron chi connectivity index (χ0n) is 17.5. The van der Waals surface area contributed by atoms with Gasteiger partial charge in [0.25, 0.3) is 0 Å². The molecule has 0 saturated heterocycles.